The molecular formula is C10H10Cl2N2O6S. The van der Waals surface area contributed by atoms with Gasteiger partial charge in [0.25, 0.3) is 0 Å². The summed E-state index contributed by atoms with van der Waals surface area (Å²) in [5.41, 5.74) is 4.19. The third kappa shape index (κ3) is 4.46. The summed E-state index contributed by atoms with van der Waals surface area (Å²) in [6, 6.07) is 2.17. The minimum Gasteiger partial charge on any atom is -0.478 e. The summed E-state index contributed by atoms with van der Waals surface area (Å²) < 4.78 is 30.4. The number of carbonyl (C=O) groups excluding carboxylic acids is 1. The Morgan fingerprint density at radius 1 is 1.33 bits per heavy atom. The molecule has 8 nitrogen and oxygen atoms in total. The average molecular weight is 357 g/mol. The van der Waals surface area contributed by atoms with Gasteiger partial charge < -0.3 is 15.6 Å². The lowest BCUT2D eigenvalue weighted by atomic mass is 10.2. The van der Waals surface area contributed by atoms with Gasteiger partial charge in [0.2, 0.25) is 10.0 Å². The van der Waals surface area contributed by atoms with E-state index >= 15 is 0 Å². The fourth-order valence-electron chi connectivity index (χ4n) is 1.34. The Bertz CT molecular complexity index is 676. The summed E-state index contributed by atoms with van der Waals surface area (Å²) in [4.78, 5) is 20.9. The number of ether oxygens (including phenoxy) is 1. The highest BCUT2D eigenvalue weighted by Gasteiger charge is 2.24. The first-order valence-electron chi connectivity index (χ1n) is 5.30. The van der Waals surface area contributed by atoms with Crippen molar-refractivity contribution < 1.29 is 27.9 Å². The topological polar surface area (TPSA) is 136 Å². The quantitative estimate of drug-likeness (QED) is 0.652. The molecule has 0 radical (unpaired) electrons. The van der Waals surface area contributed by atoms with Crippen molar-refractivity contribution in [2.45, 2.75) is 4.90 Å². The van der Waals surface area contributed by atoms with E-state index in [9.17, 15) is 18.0 Å². The highest BCUT2D eigenvalue weighted by molar-refractivity contribution is 7.89. The summed E-state index contributed by atoms with van der Waals surface area (Å²) in [6.45, 7) is -0.543. The first-order valence-corrected chi connectivity index (χ1v) is 7.54. The van der Waals surface area contributed by atoms with Crippen LogP contribution in [0.25, 0.3) is 0 Å². The third-order valence-electron chi connectivity index (χ3n) is 2.20. The second-order valence-corrected chi connectivity index (χ2v) is 6.13. The van der Waals surface area contributed by atoms with Gasteiger partial charge in [0.05, 0.1) is 15.6 Å². The Kier molecular flexibility index (Phi) is 5.78. The van der Waals surface area contributed by atoms with Gasteiger partial charge in [0.1, 0.15) is 11.5 Å². The van der Waals surface area contributed by atoms with E-state index in [-0.39, 0.29) is 18.2 Å². The van der Waals surface area contributed by atoms with Gasteiger partial charge in [-0.05, 0) is 12.1 Å². The number of carbonyl (C=O) groups is 2. The molecular weight excluding hydrogens is 347 g/mol. The van der Waals surface area contributed by atoms with Gasteiger partial charge in [0, 0.05) is 6.54 Å². The molecule has 0 heterocycles. The summed E-state index contributed by atoms with van der Waals surface area (Å²) >= 11 is 11.4. The lowest BCUT2D eigenvalue weighted by Crippen LogP contribution is -2.29. The van der Waals surface area contributed by atoms with Crippen molar-refractivity contribution in [3.05, 3.63) is 27.7 Å². The van der Waals surface area contributed by atoms with Crippen LogP contribution in [0.4, 0.5) is 4.79 Å². The lowest BCUT2D eigenvalue weighted by molar-refractivity contribution is 0.0697. The monoisotopic (exact) mass is 356 g/mol. The number of nitrogens with two attached hydrogens (primary N) is 1. The number of nitrogens with one attached hydrogen (secondary N) is 1. The molecule has 116 valence electrons. The first kappa shape index (κ1) is 17.5. The molecule has 1 rings (SSSR count). The van der Waals surface area contributed by atoms with E-state index in [4.69, 9.17) is 34.0 Å². The minimum absolute atomic E-state index is 0.191. The SMILES string of the molecule is NC(=O)OCCNS(=O)(=O)c1ccc(Cl)c(C(=O)O)c1Cl. The van der Waals surface area contributed by atoms with Crippen molar-refractivity contribution >= 4 is 45.3 Å². The number of primary amides is 1. The van der Waals surface area contributed by atoms with Crippen molar-refractivity contribution in [2.24, 2.45) is 5.73 Å². The second kappa shape index (κ2) is 6.94. The van der Waals surface area contributed by atoms with Crippen LogP contribution in [0.2, 0.25) is 10.0 Å². The molecule has 0 aliphatic heterocycles. The van der Waals surface area contributed by atoms with E-state index in [0.29, 0.717) is 0 Å². The maximum atomic E-state index is 12.0. The number of sulfonamides is 1. The van der Waals surface area contributed by atoms with E-state index in [2.05, 4.69) is 9.46 Å². The van der Waals surface area contributed by atoms with Crippen LogP contribution < -0.4 is 10.5 Å². The van der Waals surface area contributed by atoms with Gasteiger partial charge in [0.15, 0.2) is 0 Å². The first-order chi connectivity index (χ1) is 9.66. The molecule has 0 saturated carbocycles. The summed E-state index contributed by atoms with van der Waals surface area (Å²) in [6.07, 6.45) is -1.05. The van der Waals surface area contributed by atoms with Gasteiger partial charge in [-0.3, -0.25) is 0 Å². The van der Waals surface area contributed by atoms with Crippen LogP contribution in [-0.4, -0.2) is 38.7 Å². The standard InChI is InChI=1S/C10H10Cl2N2O6S/c11-5-1-2-6(8(12)7(5)9(15)16)21(18,19)14-3-4-20-10(13)17/h1-2,14H,3-4H2,(H2,13,17)(H,15,16). The van der Waals surface area contributed by atoms with Crippen molar-refractivity contribution in [3.63, 3.8) is 0 Å². The van der Waals surface area contributed by atoms with Crippen molar-refractivity contribution in [1.29, 1.82) is 0 Å². The van der Waals surface area contributed by atoms with Crippen molar-refractivity contribution in [3.8, 4) is 0 Å². The second-order valence-electron chi connectivity index (χ2n) is 3.60. The molecule has 0 bridgehead atoms. The average Bonchev–Trinajstić information content (AvgIpc) is 2.33. The fourth-order valence-corrected chi connectivity index (χ4v) is 3.27. The Labute approximate surface area is 129 Å². The van der Waals surface area contributed by atoms with Crippen LogP contribution in [0, 0.1) is 0 Å². The Morgan fingerprint density at radius 2 is 1.95 bits per heavy atom. The predicted octanol–water partition coefficient (Wildman–Crippen LogP) is 1.07. The number of hydrogen-bond donors (Lipinski definition) is 3. The zero-order valence-corrected chi connectivity index (χ0v) is 12.6. The number of rotatable bonds is 6. The van der Waals surface area contributed by atoms with Crippen molar-refractivity contribution in [1.82, 2.24) is 4.72 Å². The molecule has 11 heteroatoms. The summed E-state index contributed by atoms with van der Waals surface area (Å²) in [5.74, 6) is -1.46. The molecule has 1 amide bonds. The van der Waals surface area contributed by atoms with Crippen LogP contribution in [0.3, 0.4) is 0 Å². The minimum atomic E-state index is -4.10. The van der Waals surface area contributed by atoms with E-state index in [1.807, 2.05) is 0 Å². The van der Waals surface area contributed by atoms with E-state index in [1.165, 1.54) is 0 Å². The number of halogens is 2. The maximum Gasteiger partial charge on any atom is 0.404 e. The number of hydrogen-bond acceptors (Lipinski definition) is 5. The lowest BCUT2D eigenvalue weighted by Gasteiger charge is -2.10. The van der Waals surface area contributed by atoms with Crippen LogP contribution in [0.15, 0.2) is 17.0 Å². The highest BCUT2D eigenvalue weighted by Crippen LogP contribution is 2.30. The molecule has 0 saturated heterocycles. The molecule has 4 N–H and O–H groups in total. The van der Waals surface area contributed by atoms with Crippen LogP contribution in [0.1, 0.15) is 10.4 Å². The van der Waals surface area contributed by atoms with E-state index in [1.54, 1.807) is 0 Å². The van der Waals surface area contributed by atoms with E-state index in [0.717, 1.165) is 12.1 Å². The molecule has 0 spiro atoms. The largest absolute Gasteiger partial charge is 0.478 e. The Balaban J connectivity index is 3.01. The number of carboxylic acids is 1. The van der Waals surface area contributed by atoms with Gasteiger partial charge in [-0.1, -0.05) is 23.2 Å². The summed E-state index contributed by atoms with van der Waals surface area (Å²) in [5, 5.41) is 8.25. The predicted molar refractivity (Wildman–Crippen MR) is 74.1 cm³/mol. The van der Waals surface area contributed by atoms with Gasteiger partial charge in [-0.2, -0.15) is 0 Å². The number of carboxylic acid groups (broad SMARTS) is 1. The third-order valence-corrected chi connectivity index (χ3v) is 4.52. The molecule has 0 unspecified atom stereocenters. The molecule has 0 aliphatic rings. The molecule has 0 aliphatic carbocycles. The number of benzene rings is 1. The number of aromatic carboxylic acids is 1. The normalized spacial score (nSPS) is 11.1. The molecule has 1 aromatic rings. The highest BCUT2D eigenvalue weighted by atomic mass is 35.5. The number of amides is 1. The molecule has 0 atom stereocenters. The molecule has 0 fully saturated rings. The molecule has 0 aromatic heterocycles. The van der Waals surface area contributed by atoms with Crippen LogP contribution in [0.5, 0.6) is 0 Å². The van der Waals surface area contributed by atoms with Gasteiger partial charge in [-0.25, -0.2) is 22.7 Å². The molecule has 21 heavy (non-hydrogen) atoms. The maximum absolute atomic E-state index is 12.0. The zero-order valence-electron chi connectivity index (χ0n) is 10.3. The van der Waals surface area contributed by atoms with Gasteiger partial charge in [-0.15, -0.1) is 0 Å². The van der Waals surface area contributed by atoms with Crippen LogP contribution >= 0.6 is 23.2 Å². The Morgan fingerprint density at radius 3 is 2.48 bits per heavy atom. The summed E-state index contributed by atoms with van der Waals surface area (Å²) in [7, 11) is -4.10. The van der Waals surface area contributed by atoms with Crippen LogP contribution in [-0.2, 0) is 14.8 Å². The zero-order chi connectivity index (χ0) is 16.2. The Hall–Kier alpha value is -1.55. The smallest absolute Gasteiger partial charge is 0.404 e. The molecule has 1 aromatic carbocycles. The van der Waals surface area contributed by atoms with Gasteiger partial charge >= 0.3 is 12.1 Å². The van der Waals surface area contributed by atoms with E-state index < -0.39 is 37.6 Å². The van der Waals surface area contributed by atoms with Crippen molar-refractivity contribution in [2.75, 3.05) is 13.2 Å². The fraction of sp³-hybridized carbons (Fsp3) is 0.200.